The molecule has 114 valence electrons. The molecule has 0 fully saturated rings. The Balaban J connectivity index is 2.95. The molecular weight excluding hydrogens is 314 g/mol. The molecule has 1 atom stereocenters. The molecule has 10 heteroatoms. The Kier molecular flexibility index (Phi) is 5.53. The Bertz CT molecular complexity index is 596. The van der Waals surface area contributed by atoms with Gasteiger partial charge in [-0.2, -0.15) is 4.39 Å². The van der Waals surface area contributed by atoms with E-state index in [9.17, 15) is 28.5 Å². The van der Waals surface area contributed by atoms with Crippen molar-refractivity contribution in [2.45, 2.75) is 5.38 Å². The van der Waals surface area contributed by atoms with E-state index < -0.39 is 51.6 Å². The van der Waals surface area contributed by atoms with Crippen LogP contribution in [0.3, 0.4) is 0 Å². The molecule has 1 amide bonds. The number of nitrogens with zero attached hydrogens (tertiary/aromatic N) is 1. The highest BCUT2D eigenvalue weighted by molar-refractivity contribution is 6.30. The first-order chi connectivity index (χ1) is 9.79. The molecule has 0 spiro atoms. The number of hydrogen-bond donors (Lipinski definition) is 1. The summed E-state index contributed by atoms with van der Waals surface area (Å²) in [5.41, 5.74) is -2.17. The van der Waals surface area contributed by atoms with E-state index in [1.165, 1.54) is 0 Å². The third kappa shape index (κ3) is 3.85. The predicted molar refractivity (Wildman–Crippen MR) is 67.0 cm³/mol. The number of carbonyl (C=O) groups is 2. The first-order valence-electron chi connectivity index (χ1n) is 5.42. The lowest BCUT2D eigenvalue weighted by atomic mass is 10.1. The van der Waals surface area contributed by atoms with E-state index in [1.54, 1.807) is 0 Å². The number of hydrogen-bond acceptors (Lipinski definition) is 5. The highest BCUT2D eigenvalue weighted by Gasteiger charge is 2.27. The number of nitro benzene ring substituents is 1. The summed E-state index contributed by atoms with van der Waals surface area (Å²) in [5, 5.41) is 11.3. The second-order valence-electron chi connectivity index (χ2n) is 3.71. The first kappa shape index (κ1) is 16.8. The molecule has 0 radical (unpaired) electrons. The minimum atomic E-state index is -1.61. The molecule has 7 nitrogen and oxygen atoms in total. The van der Waals surface area contributed by atoms with E-state index in [1.807, 2.05) is 5.32 Å². The summed E-state index contributed by atoms with van der Waals surface area (Å²) in [6, 6.07) is 1.19. The van der Waals surface area contributed by atoms with E-state index in [-0.39, 0.29) is 0 Å². The van der Waals surface area contributed by atoms with Crippen LogP contribution in [0.2, 0.25) is 0 Å². The van der Waals surface area contributed by atoms with Crippen molar-refractivity contribution >= 4 is 29.2 Å². The summed E-state index contributed by atoms with van der Waals surface area (Å²) >= 11 is 5.54. The first-order valence-corrected chi connectivity index (χ1v) is 5.85. The van der Waals surface area contributed by atoms with Crippen LogP contribution in [0.1, 0.15) is 10.4 Å². The maximum absolute atomic E-state index is 13.7. The monoisotopic (exact) mass is 322 g/mol. The maximum Gasteiger partial charge on any atom is 0.325 e. The summed E-state index contributed by atoms with van der Waals surface area (Å²) in [5.74, 6) is -5.01. The van der Waals surface area contributed by atoms with Crippen LogP contribution < -0.4 is 5.32 Å². The summed E-state index contributed by atoms with van der Waals surface area (Å²) in [6.45, 7) is -0.464. The zero-order valence-electron chi connectivity index (χ0n) is 10.6. The molecule has 21 heavy (non-hydrogen) atoms. The lowest BCUT2D eigenvalue weighted by Gasteiger charge is -2.10. The van der Waals surface area contributed by atoms with Gasteiger partial charge in [0.25, 0.3) is 5.91 Å². The van der Waals surface area contributed by atoms with Gasteiger partial charge in [-0.1, -0.05) is 0 Å². The summed E-state index contributed by atoms with van der Waals surface area (Å²) in [6.07, 6.45) is 0. The number of methoxy groups -OCH3 is 1. The van der Waals surface area contributed by atoms with Crippen LogP contribution in [0.5, 0.6) is 0 Å². The summed E-state index contributed by atoms with van der Waals surface area (Å²) in [7, 11) is 1.07. The number of benzene rings is 1. The van der Waals surface area contributed by atoms with E-state index in [0.29, 0.717) is 12.1 Å². The highest BCUT2D eigenvalue weighted by atomic mass is 35.5. The Morgan fingerprint density at radius 3 is 2.62 bits per heavy atom. The third-order valence-corrected chi connectivity index (χ3v) is 2.73. The van der Waals surface area contributed by atoms with Crippen molar-refractivity contribution in [3.8, 4) is 0 Å². The van der Waals surface area contributed by atoms with Gasteiger partial charge in [-0.3, -0.25) is 19.7 Å². The number of nitrogens with one attached hydrogen (secondary N) is 1. The number of amides is 1. The van der Waals surface area contributed by atoms with Crippen molar-refractivity contribution in [1.29, 1.82) is 0 Å². The minimum absolute atomic E-state index is 0.464. The van der Waals surface area contributed by atoms with Crippen molar-refractivity contribution in [1.82, 2.24) is 5.32 Å². The third-order valence-electron chi connectivity index (χ3n) is 2.39. The van der Waals surface area contributed by atoms with Crippen LogP contribution in [0, 0.1) is 21.7 Å². The van der Waals surface area contributed by atoms with Gasteiger partial charge in [-0.05, 0) is 6.07 Å². The average molecular weight is 323 g/mol. The van der Waals surface area contributed by atoms with Crippen LogP contribution in [0.15, 0.2) is 12.1 Å². The number of carbonyl (C=O) groups excluding carboxylic acids is 2. The van der Waals surface area contributed by atoms with E-state index >= 15 is 0 Å². The molecule has 0 heterocycles. The fraction of sp³-hybridized carbons (Fsp3) is 0.273. The second-order valence-corrected chi connectivity index (χ2v) is 4.24. The second kappa shape index (κ2) is 6.93. The SMILES string of the molecule is COC(=O)C(Cl)CNC(=O)c1c(F)ccc([N+](=O)[O-])c1F. The van der Waals surface area contributed by atoms with Gasteiger partial charge < -0.3 is 10.1 Å². The zero-order valence-corrected chi connectivity index (χ0v) is 11.3. The maximum atomic E-state index is 13.7. The smallest absolute Gasteiger partial charge is 0.325 e. The molecule has 1 aromatic carbocycles. The molecule has 1 aromatic rings. The number of nitro groups is 1. The molecule has 1 rings (SSSR count). The van der Waals surface area contributed by atoms with Crippen LogP contribution >= 0.6 is 11.6 Å². The van der Waals surface area contributed by atoms with Crippen LogP contribution in [-0.2, 0) is 9.53 Å². The van der Waals surface area contributed by atoms with Crippen molar-refractivity contribution < 1.29 is 28.0 Å². The quantitative estimate of drug-likeness (QED) is 0.382. The Labute approximate surface area is 122 Å². The van der Waals surface area contributed by atoms with Gasteiger partial charge in [-0.15, -0.1) is 11.6 Å². The van der Waals surface area contributed by atoms with Gasteiger partial charge in [0.15, 0.2) is 0 Å². The van der Waals surface area contributed by atoms with Crippen LogP contribution in [0.25, 0.3) is 0 Å². The van der Waals surface area contributed by atoms with Gasteiger partial charge >= 0.3 is 11.7 Å². The molecule has 0 aliphatic heterocycles. The van der Waals surface area contributed by atoms with E-state index in [2.05, 4.69) is 4.74 Å². The Morgan fingerprint density at radius 1 is 1.48 bits per heavy atom. The molecular formula is C11H9ClF2N2O5. The van der Waals surface area contributed by atoms with Crippen LogP contribution in [-0.4, -0.2) is 35.8 Å². The molecule has 1 unspecified atom stereocenters. The molecule has 1 N–H and O–H groups in total. The molecule has 0 bridgehead atoms. The van der Waals surface area contributed by atoms with E-state index in [4.69, 9.17) is 11.6 Å². The van der Waals surface area contributed by atoms with Gasteiger partial charge in [0, 0.05) is 12.6 Å². The van der Waals surface area contributed by atoms with Gasteiger partial charge in [0.1, 0.15) is 16.8 Å². The fourth-order valence-corrected chi connectivity index (χ4v) is 1.54. The van der Waals surface area contributed by atoms with E-state index in [0.717, 1.165) is 7.11 Å². The zero-order chi connectivity index (χ0) is 16.2. The summed E-state index contributed by atoms with van der Waals surface area (Å²) < 4.78 is 31.5. The number of esters is 1. The van der Waals surface area contributed by atoms with Crippen molar-refractivity contribution in [2.24, 2.45) is 0 Å². The van der Waals surface area contributed by atoms with Crippen molar-refractivity contribution in [3.63, 3.8) is 0 Å². The highest BCUT2D eigenvalue weighted by Crippen LogP contribution is 2.22. The van der Waals surface area contributed by atoms with Gasteiger partial charge in [0.05, 0.1) is 12.0 Å². The predicted octanol–water partition coefficient (Wildman–Crippen LogP) is 1.38. The topological polar surface area (TPSA) is 98.5 Å². The van der Waals surface area contributed by atoms with Crippen LogP contribution in [0.4, 0.5) is 14.5 Å². The molecule has 0 aliphatic carbocycles. The van der Waals surface area contributed by atoms with Gasteiger partial charge in [0.2, 0.25) is 5.82 Å². The van der Waals surface area contributed by atoms with Crippen molar-refractivity contribution in [2.75, 3.05) is 13.7 Å². The minimum Gasteiger partial charge on any atom is -0.468 e. The molecule has 0 aromatic heterocycles. The lowest BCUT2D eigenvalue weighted by Crippen LogP contribution is -2.35. The fourth-order valence-electron chi connectivity index (χ4n) is 1.37. The molecule has 0 saturated carbocycles. The number of ether oxygens (including phenoxy) is 1. The number of alkyl halides is 1. The van der Waals surface area contributed by atoms with Gasteiger partial charge in [-0.25, -0.2) is 4.39 Å². The summed E-state index contributed by atoms with van der Waals surface area (Å²) in [4.78, 5) is 32.1. The standard InChI is InChI=1S/C11H9ClF2N2O5/c1-21-11(18)5(12)4-15-10(17)8-6(13)2-3-7(9(8)14)16(19)20/h2-3,5H,4H2,1H3,(H,15,17). The number of rotatable bonds is 5. The number of halogens is 3. The normalized spacial score (nSPS) is 11.6. The average Bonchev–Trinajstić information content (AvgIpc) is 2.43. The largest absolute Gasteiger partial charge is 0.468 e. The molecule has 0 aliphatic rings. The lowest BCUT2D eigenvalue weighted by molar-refractivity contribution is -0.387. The Morgan fingerprint density at radius 2 is 2.10 bits per heavy atom. The molecule has 0 saturated heterocycles. The Hall–Kier alpha value is -2.29. The van der Waals surface area contributed by atoms with Crippen molar-refractivity contribution in [3.05, 3.63) is 39.4 Å².